The first-order valence-electron chi connectivity index (χ1n) is 12.5. The van der Waals surface area contributed by atoms with Crippen molar-refractivity contribution in [1.82, 2.24) is 20.4 Å². The number of hydrogen-bond acceptors (Lipinski definition) is 6. The Kier molecular flexibility index (Phi) is 12.9. The number of rotatable bonds is 12. The van der Waals surface area contributed by atoms with E-state index in [9.17, 15) is 24.4 Å². The van der Waals surface area contributed by atoms with Crippen LogP contribution in [-0.4, -0.2) is 76.3 Å². The molecular formula is C24H44N4O6. The van der Waals surface area contributed by atoms with Gasteiger partial charge in [-0.25, -0.2) is 9.86 Å². The average Bonchev–Trinajstić information content (AvgIpc) is 2.79. The van der Waals surface area contributed by atoms with Gasteiger partial charge in [-0.15, -0.1) is 0 Å². The third-order valence-corrected chi connectivity index (χ3v) is 5.80. The summed E-state index contributed by atoms with van der Waals surface area (Å²) in [6.45, 7) is 10.6. The van der Waals surface area contributed by atoms with Gasteiger partial charge in [-0.1, -0.05) is 39.5 Å². The number of likely N-dealkylation sites (tertiary alicyclic amines) is 1. The molecule has 1 aliphatic heterocycles. The number of carbonyl (C=O) groups excluding carboxylic acids is 4. The fraction of sp³-hybridized carbons (Fsp3) is 0.833. The number of unbranched alkanes of at least 4 members (excludes halogenated alkanes) is 3. The molecule has 1 unspecified atom stereocenters. The summed E-state index contributed by atoms with van der Waals surface area (Å²) in [5.41, 5.74) is 2.21. The average molecular weight is 485 g/mol. The van der Waals surface area contributed by atoms with Crippen molar-refractivity contribution in [3.63, 3.8) is 0 Å². The number of hydrazine groups is 1. The van der Waals surface area contributed by atoms with Crippen molar-refractivity contribution < 1.29 is 29.1 Å². The minimum atomic E-state index is -0.604. The second kappa shape index (κ2) is 14.8. The van der Waals surface area contributed by atoms with E-state index in [4.69, 9.17) is 4.74 Å². The smallest absolute Gasteiger partial charge is 0.410 e. The van der Waals surface area contributed by atoms with Gasteiger partial charge in [0.05, 0.1) is 12.5 Å². The molecule has 1 atom stereocenters. The largest absolute Gasteiger partial charge is 0.444 e. The van der Waals surface area contributed by atoms with Crippen molar-refractivity contribution in [1.29, 1.82) is 0 Å². The Morgan fingerprint density at radius 3 is 2.26 bits per heavy atom. The van der Waals surface area contributed by atoms with Gasteiger partial charge in [0.15, 0.2) is 0 Å². The van der Waals surface area contributed by atoms with E-state index in [0.29, 0.717) is 50.4 Å². The van der Waals surface area contributed by atoms with Gasteiger partial charge >= 0.3 is 6.09 Å². The highest BCUT2D eigenvalue weighted by Gasteiger charge is 2.32. The number of nitrogens with one attached hydrogen (secondary N) is 1. The molecule has 1 fully saturated rings. The zero-order chi connectivity index (χ0) is 25.7. The van der Waals surface area contributed by atoms with Crippen LogP contribution in [0.25, 0.3) is 0 Å². The molecule has 1 rings (SSSR count). The Morgan fingerprint density at radius 2 is 1.74 bits per heavy atom. The zero-order valence-corrected chi connectivity index (χ0v) is 21.5. The SMILES string of the molecule is CCCCCC(CN(O)C=O)C(=O)N(CCCC)NC(=O)C1CCN(C(=O)OC(C)(C)C)CC1. The van der Waals surface area contributed by atoms with Crippen LogP contribution in [0.3, 0.4) is 0 Å². The predicted molar refractivity (Wildman–Crippen MR) is 127 cm³/mol. The van der Waals surface area contributed by atoms with E-state index in [-0.39, 0.29) is 36.8 Å². The molecule has 0 aliphatic carbocycles. The van der Waals surface area contributed by atoms with Crippen LogP contribution in [0.1, 0.15) is 86.0 Å². The number of amides is 4. The van der Waals surface area contributed by atoms with Crippen LogP contribution >= 0.6 is 0 Å². The molecule has 10 heteroatoms. The molecule has 2 N–H and O–H groups in total. The van der Waals surface area contributed by atoms with Gasteiger partial charge in [-0.05, 0) is 46.5 Å². The second-order valence-corrected chi connectivity index (χ2v) is 9.98. The summed E-state index contributed by atoms with van der Waals surface area (Å²) in [5, 5.41) is 11.5. The van der Waals surface area contributed by atoms with E-state index in [1.165, 1.54) is 5.01 Å². The van der Waals surface area contributed by atoms with Crippen LogP contribution in [-0.2, 0) is 19.1 Å². The van der Waals surface area contributed by atoms with Crippen molar-refractivity contribution >= 4 is 24.3 Å². The van der Waals surface area contributed by atoms with Crippen molar-refractivity contribution in [3.8, 4) is 0 Å². The van der Waals surface area contributed by atoms with Crippen molar-refractivity contribution in [3.05, 3.63) is 0 Å². The molecule has 0 aromatic rings. The van der Waals surface area contributed by atoms with E-state index in [2.05, 4.69) is 12.3 Å². The van der Waals surface area contributed by atoms with Gasteiger partial charge in [0.25, 0.3) is 0 Å². The Labute approximate surface area is 203 Å². The second-order valence-electron chi connectivity index (χ2n) is 9.98. The first-order valence-corrected chi connectivity index (χ1v) is 12.5. The molecule has 1 heterocycles. The highest BCUT2D eigenvalue weighted by molar-refractivity contribution is 5.85. The van der Waals surface area contributed by atoms with Crippen LogP contribution in [0.2, 0.25) is 0 Å². The lowest BCUT2D eigenvalue weighted by atomic mass is 9.96. The number of hydrogen-bond donors (Lipinski definition) is 2. The van der Waals surface area contributed by atoms with Crippen LogP contribution in [0.15, 0.2) is 0 Å². The van der Waals surface area contributed by atoms with Crippen LogP contribution in [0.4, 0.5) is 4.79 Å². The standard InChI is InChI=1S/C24H44N4O6/c1-6-8-10-11-20(17-27(33)18-29)22(31)28(14-9-7-2)25-21(30)19-12-15-26(16-13-19)23(32)34-24(3,4)5/h18-20,33H,6-17H2,1-5H3,(H,25,30). The first-order chi connectivity index (χ1) is 16.0. The summed E-state index contributed by atoms with van der Waals surface area (Å²) in [6, 6.07) is 0. The molecule has 0 radical (unpaired) electrons. The highest BCUT2D eigenvalue weighted by atomic mass is 16.6. The number of piperidine rings is 1. The maximum Gasteiger partial charge on any atom is 0.410 e. The van der Waals surface area contributed by atoms with Gasteiger partial charge in [0, 0.05) is 25.6 Å². The van der Waals surface area contributed by atoms with Gasteiger partial charge in [-0.3, -0.25) is 30.0 Å². The number of hydroxylamine groups is 2. The minimum absolute atomic E-state index is 0.112. The van der Waals surface area contributed by atoms with Crippen molar-refractivity contribution in [2.24, 2.45) is 11.8 Å². The molecule has 10 nitrogen and oxygen atoms in total. The third-order valence-electron chi connectivity index (χ3n) is 5.80. The maximum atomic E-state index is 13.3. The van der Waals surface area contributed by atoms with E-state index >= 15 is 0 Å². The van der Waals surface area contributed by atoms with Crippen LogP contribution < -0.4 is 5.43 Å². The fourth-order valence-corrected chi connectivity index (χ4v) is 3.84. The summed E-state index contributed by atoms with van der Waals surface area (Å²) in [4.78, 5) is 51.1. The maximum absolute atomic E-state index is 13.3. The predicted octanol–water partition coefficient (Wildman–Crippen LogP) is 3.34. The Balaban J connectivity index is 2.78. The summed E-state index contributed by atoms with van der Waals surface area (Å²) < 4.78 is 5.41. The lowest BCUT2D eigenvalue weighted by Gasteiger charge is -2.34. The minimum Gasteiger partial charge on any atom is -0.444 e. The van der Waals surface area contributed by atoms with Crippen molar-refractivity contribution in [2.75, 3.05) is 26.2 Å². The number of ether oxygens (including phenoxy) is 1. The molecule has 4 amide bonds. The first kappa shape index (κ1) is 29.7. The van der Waals surface area contributed by atoms with E-state index in [1.54, 1.807) is 4.90 Å². The summed E-state index contributed by atoms with van der Waals surface area (Å²) in [6.07, 6.45) is 5.65. The lowest BCUT2D eigenvalue weighted by molar-refractivity contribution is -0.159. The Hall–Kier alpha value is -2.36. The number of nitrogens with zero attached hydrogens (tertiary/aromatic N) is 3. The third kappa shape index (κ3) is 10.7. The van der Waals surface area contributed by atoms with E-state index < -0.39 is 11.5 Å². The molecule has 0 bridgehead atoms. The van der Waals surface area contributed by atoms with Crippen molar-refractivity contribution in [2.45, 2.75) is 91.6 Å². The molecular weight excluding hydrogens is 440 g/mol. The molecule has 196 valence electrons. The fourth-order valence-electron chi connectivity index (χ4n) is 3.84. The van der Waals surface area contributed by atoms with Crippen LogP contribution in [0, 0.1) is 11.8 Å². The van der Waals surface area contributed by atoms with Gasteiger partial charge in [0.2, 0.25) is 18.2 Å². The molecule has 1 saturated heterocycles. The molecule has 34 heavy (non-hydrogen) atoms. The Morgan fingerprint density at radius 1 is 1.12 bits per heavy atom. The normalized spacial score (nSPS) is 15.4. The van der Waals surface area contributed by atoms with E-state index in [1.807, 2.05) is 27.7 Å². The quantitative estimate of drug-likeness (QED) is 0.190. The summed E-state index contributed by atoms with van der Waals surface area (Å²) in [7, 11) is 0. The molecule has 0 aromatic carbocycles. The molecule has 0 aromatic heterocycles. The van der Waals surface area contributed by atoms with Crippen LogP contribution in [0.5, 0.6) is 0 Å². The lowest BCUT2D eigenvalue weighted by Crippen LogP contribution is -2.53. The monoisotopic (exact) mass is 484 g/mol. The molecule has 1 aliphatic rings. The zero-order valence-electron chi connectivity index (χ0n) is 21.5. The van der Waals surface area contributed by atoms with E-state index in [0.717, 1.165) is 25.7 Å². The Bertz CT molecular complexity index is 658. The summed E-state index contributed by atoms with van der Waals surface area (Å²) in [5.74, 6) is -1.48. The van der Waals surface area contributed by atoms with Gasteiger partial charge < -0.3 is 9.64 Å². The van der Waals surface area contributed by atoms with Gasteiger partial charge in [0.1, 0.15) is 5.60 Å². The molecule has 0 spiro atoms. The highest BCUT2D eigenvalue weighted by Crippen LogP contribution is 2.21. The van der Waals surface area contributed by atoms with Gasteiger partial charge in [-0.2, -0.15) is 0 Å². The number of carbonyl (C=O) groups is 4. The molecule has 0 saturated carbocycles. The topological polar surface area (TPSA) is 119 Å². The summed E-state index contributed by atoms with van der Waals surface area (Å²) >= 11 is 0.